The zero-order valence-electron chi connectivity index (χ0n) is 8.25. The predicted octanol–water partition coefficient (Wildman–Crippen LogP) is 3.77. The first-order valence-corrected chi connectivity index (χ1v) is 5.90. The second-order valence-corrected chi connectivity index (χ2v) is 5.33. The normalized spacial score (nSPS) is 12.5. The smallest absolute Gasteiger partial charge is 0.152 e. The molecular weight excluding hydrogens is 255 g/mol. The van der Waals surface area contributed by atoms with E-state index < -0.39 is 0 Å². The Kier molecular flexibility index (Phi) is 4.32. The SMILES string of the molecule is CC(=O)C(C)Sc1cc(Cl)c(O)c(Cl)c1. The number of thioether (sulfide) groups is 1. The summed E-state index contributed by atoms with van der Waals surface area (Å²) in [6.07, 6.45) is 0. The molecule has 0 saturated heterocycles. The summed E-state index contributed by atoms with van der Waals surface area (Å²) in [4.78, 5) is 11.8. The molecule has 0 spiro atoms. The highest BCUT2D eigenvalue weighted by atomic mass is 35.5. The number of hydrogen-bond acceptors (Lipinski definition) is 3. The third kappa shape index (κ3) is 3.30. The summed E-state index contributed by atoms with van der Waals surface area (Å²) < 4.78 is 0. The van der Waals surface area contributed by atoms with E-state index in [9.17, 15) is 9.90 Å². The summed E-state index contributed by atoms with van der Waals surface area (Å²) in [6, 6.07) is 3.18. The van der Waals surface area contributed by atoms with Crippen LogP contribution in [0.15, 0.2) is 17.0 Å². The van der Waals surface area contributed by atoms with Crippen molar-refractivity contribution in [2.45, 2.75) is 24.0 Å². The molecule has 2 nitrogen and oxygen atoms in total. The Morgan fingerprint density at radius 2 is 1.87 bits per heavy atom. The fourth-order valence-electron chi connectivity index (χ4n) is 0.897. The van der Waals surface area contributed by atoms with Crippen molar-refractivity contribution < 1.29 is 9.90 Å². The zero-order valence-corrected chi connectivity index (χ0v) is 10.6. The van der Waals surface area contributed by atoms with Crippen molar-refractivity contribution in [3.8, 4) is 5.75 Å². The minimum Gasteiger partial charge on any atom is -0.505 e. The van der Waals surface area contributed by atoms with Crippen molar-refractivity contribution in [1.82, 2.24) is 0 Å². The summed E-state index contributed by atoms with van der Waals surface area (Å²) in [5.74, 6) is -0.0431. The molecule has 0 aromatic heterocycles. The topological polar surface area (TPSA) is 37.3 Å². The van der Waals surface area contributed by atoms with Gasteiger partial charge in [0.25, 0.3) is 0 Å². The molecule has 0 aliphatic carbocycles. The van der Waals surface area contributed by atoms with Crippen molar-refractivity contribution >= 4 is 40.7 Å². The van der Waals surface area contributed by atoms with Gasteiger partial charge in [0, 0.05) is 4.90 Å². The maximum Gasteiger partial charge on any atom is 0.152 e. The first-order valence-electron chi connectivity index (χ1n) is 4.27. The number of phenolic OH excluding ortho intramolecular Hbond substituents is 1. The number of carbonyl (C=O) groups is 1. The van der Waals surface area contributed by atoms with Gasteiger partial charge in [-0.1, -0.05) is 23.2 Å². The molecule has 1 rings (SSSR count). The van der Waals surface area contributed by atoms with Gasteiger partial charge in [-0.05, 0) is 26.0 Å². The molecule has 0 aliphatic rings. The van der Waals surface area contributed by atoms with Gasteiger partial charge in [0.15, 0.2) is 5.75 Å². The molecule has 0 amide bonds. The zero-order chi connectivity index (χ0) is 11.6. The molecule has 0 fully saturated rings. The molecule has 1 aromatic carbocycles. The van der Waals surface area contributed by atoms with Crippen LogP contribution >= 0.6 is 35.0 Å². The van der Waals surface area contributed by atoms with E-state index in [0.29, 0.717) is 0 Å². The van der Waals surface area contributed by atoms with Crippen LogP contribution in [0.3, 0.4) is 0 Å². The molecule has 0 heterocycles. The predicted molar refractivity (Wildman–Crippen MR) is 64.1 cm³/mol. The molecular formula is C10H10Cl2O2S. The largest absolute Gasteiger partial charge is 0.505 e. The van der Waals surface area contributed by atoms with Crippen LogP contribution in [0.4, 0.5) is 0 Å². The quantitative estimate of drug-likeness (QED) is 0.845. The summed E-state index contributed by atoms with van der Waals surface area (Å²) in [5.41, 5.74) is 0. The second-order valence-electron chi connectivity index (χ2n) is 3.11. The van der Waals surface area contributed by atoms with Crippen LogP contribution in [0.25, 0.3) is 0 Å². The van der Waals surface area contributed by atoms with E-state index in [1.54, 1.807) is 12.1 Å². The van der Waals surface area contributed by atoms with Gasteiger partial charge < -0.3 is 5.11 Å². The number of aromatic hydroxyl groups is 1. The van der Waals surface area contributed by atoms with E-state index in [0.717, 1.165) is 4.90 Å². The lowest BCUT2D eigenvalue weighted by Gasteiger charge is -2.09. The fraction of sp³-hybridized carbons (Fsp3) is 0.300. The van der Waals surface area contributed by atoms with Crippen LogP contribution in [-0.4, -0.2) is 16.1 Å². The van der Waals surface area contributed by atoms with Gasteiger partial charge in [-0.15, -0.1) is 11.8 Å². The first-order chi connectivity index (χ1) is 6.91. The lowest BCUT2D eigenvalue weighted by molar-refractivity contribution is -0.116. The van der Waals surface area contributed by atoms with Crippen molar-refractivity contribution in [3.63, 3.8) is 0 Å². The number of carbonyl (C=O) groups excluding carboxylic acids is 1. The highest BCUT2D eigenvalue weighted by molar-refractivity contribution is 8.00. The monoisotopic (exact) mass is 264 g/mol. The number of rotatable bonds is 3. The van der Waals surface area contributed by atoms with Crippen LogP contribution in [0.2, 0.25) is 10.0 Å². The summed E-state index contributed by atoms with van der Waals surface area (Å²) in [5, 5.41) is 9.57. The molecule has 1 unspecified atom stereocenters. The number of phenols is 1. The molecule has 0 bridgehead atoms. The third-order valence-electron chi connectivity index (χ3n) is 1.88. The Morgan fingerprint density at radius 1 is 1.40 bits per heavy atom. The lowest BCUT2D eigenvalue weighted by atomic mass is 10.3. The molecule has 0 aliphatic heterocycles. The Morgan fingerprint density at radius 3 is 2.27 bits per heavy atom. The standard InChI is InChI=1S/C10H10Cl2O2S/c1-5(13)6(2)15-7-3-8(11)10(14)9(12)4-7/h3-4,6,14H,1-2H3. The minimum absolute atomic E-state index is 0.0836. The number of Topliss-reactive ketones (excluding diaryl/α,β-unsaturated/α-hetero) is 1. The van der Waals surface area contributed by atoms with Gasteiger partial charge >= 0.3 is 0 Å². The minimum atomic E-state index is -0.151. The van der Waals surface area contributed by atoms with Crippen LogP contribution in [0, 0.1) is 0 Å². The van der Waals surface area contributed by atoms with E-state index in [-0.39, 0.29) is 26.8 Å². The van der Waals surface area contributed by atoms with Crippen molar-refractivity contribution in [3.05, 3.63) is 22.2 Å². The van der Waals surface area contributed by atoms with E-state index in [1.165, 1.54) is 18.7 Å². The van der Waals surface area contributed by atoms with Gasteiger partial charge in [-0.25, -0.2) is 0 Å². The van der Waals surface area contributed by atoms with Crippen molar-refractivity contribution in [1.29, 1.82) is 0 Å². The van der Waals surface area contributed by atoms with E-state index in [4.69, 9.17) is 23.2 Å². The average molecular weight is 265 g/mol. The average Bonchev–Trinajstić information content (AvgIpc) is 2.13. The molecule has 1 aromatic rings. The molecule has 1 N–H and O–H groups in total. The fourth-order valence-corrected chi connectivity index (χ4v) is 2.46. The van der Waals surface area contributed by atoms with Crippen LogP contribution < -0.4 is 0 Å². The maximum atomic E-state index is 11.0. The van der Waals surface area contributed by atoms with E-state index in [1.807, 2.05) is 6.92 Å². The number of ketones is 1. The Balaban J connectivity index is 2.92. The Hall–Kier alpha value is -0.380. The Bertz CT molecular complexity index is 370. The third-order valence-corrected chi connectivity index (χ3v) is 3.65. The molecule has 82 valence electrons. The molecule has 5 heteroatoms. The van der Waals surface area contributed by atoms with Gasteiger partial charge in [-0.2, -0.15) is 0 Å². The van der Waals surface area contributed by atoms with Gasteiger partial charge in [0.1, 0.15) is 5.78 Å². The summed E-state index contributed by atoms with van der Waals surface area (Å²) >= 11 is 12.9. The van der Waals surface area contributed by atoms with Gasteiger partial charge in [-0.3, -0.25) is 4.79 Å². The molecule has 1 atom stereocenters. The van der Waals surface area contributed by atoms with E-state index in [2.05, 4.69) is 0 Å². The molecule has 15 heavy (non-hydrogen) atoms. The molecule has 0 radical (unpaired) electrons. The van der Waals surface area contributed by atoms with Crippen molar-refractivity contribution in [2.75, 3.05) is 0 Å². The van der Waals surface area contributed by atoms with Gasteiger partial charge in [0.05, 0.1) is 15.3 Å². The Labute approximate surface area is 103 Å². The van der Waals surface area contributed by atoms with Crippen LogP contribution in [0.1, 0.15) is 13.8 Å². The lowest BCUT2D eigenvalue weighted by Crippen LogP contribution is -2.07. The number of benzene rings is 1. The van der Waals surface area contributed by atoms with Crippen LogP contribution in [0.5, 0.6) is 5.75 Å². The van der Waals surface area contributed by atoms with Crippen molar-refractivity contribution in [2.24, 2.45) is 0 Å². The summed E-state index contributed by atoms with van der Waals surface area (Å²) in [6.45, 7) is 3.34. The first kappa shape index (κ1) is 12.7. The highest BCUT2D eigenvalue weighted by Gasteiger charge is 2.12. The van der Waals surface area contributed by atoms with Crippen LogP contribution in [-0.2, 0) is 4.79 Å². The number of halogens is 2. The maximum absolute atomic E-state index is 11.0. The second kappa shape index (κ2) is 5.10. The van der Waals surface area contributed by atoms with Gasteiger partial charge in [0.2, 0.25) is 0 Å². The highest BCUT2D eigenvalue weighted by Crippen LogP contribution is 2.37. The number of hydrogen-bond donors (Lipinski definition) is 1. The summed E-state index contributed by atoms with van der Waals surface area (Å²) in [7, 11) is 0. The van der Waals surface area contributed by atoms with E-state index >= 15 is 0 Å². The molecule has 0 saturated carbocycles.